The van der Waals surface area contributed by atoms with Gasteiger partial charge in [-0.25, -0.2) is 9.13 Å². The summed E-state index contributed by atoms with van der Waals surface area (Å²) in [4.78, 5) is 73.0. The predicted molar refractivity (Wildman–Crippen MR) is 418 cm³/mol. The molecule has 0 saturated heterocycles. The van der Waals surface area contributed by atoms with Gasteiger partial charge in [0.2, 0.25) is 0 Å². The highest BCUT2D eigenvalue weighted by Gasteiger charge is 2.30. The van der Waals surface area contributed by atoms with E-state index in [1.165, 1.54) is 231 Å². The molecule has 0 radical (unpaired) electrons. The molecule has 3 N–H and O–H groups in total. The van der Waals surface area contributed by atoms with E-state index in [9.17, 15) is 43.2 Å². The van der Waals surface area contributed by atoms with E-state index in [1.807, 2.05) is 0 Å². The van der Waals surface area contributed by atoms with Crippen molar-refractivity contribution in [2.75, 3.05) is 39.6 Å². The van der Waals surface area contributed by atoms with Crippen LogP contribution in [-0.4, -0.2) is 96.7 Å². The lowest BCUT2D eigenvalue weighted by molar-refractivity contribution is -0.161. The van der Waals surface area contributed by atoms with Crippen molar-refractivity contribution in [3.63, 3.8) is 0 Å². The minimum atomic E-state index is -4.97. The van der Waals surface area contributed by atoms with E-state index in [4.69, 9.17) is 37.0 Å². The van der Waals surface area contributed by atoms with Gasteiger partial charge >= 0.3 is 39.5 Å². The Morgan fingerprint density at radius 3 is 0.833 bits per heavy atom. The maximum atomic E-state index is 13.1. The van der Waals surface area contributed by atoms with Crippen molar-refractivity contribution in [3.05, 3.63) is 24.3 Å². The number of hydrogen-bond acceptors (Lipinski definition) is 15. The molecule has 0 heterocycles. The number of hydrogen-bond donors (Lipinski definition) is 3. The zero-order valence-corrected chi connectivity index (χ0v) is 68.0. The molecule has 0 aromatic carbocycles. The molecule has 0 saturated carbocycles. The van der Waals surface area contributed by atoms with E-state index in [0.29, 0.717) is 25.7 Å². The van der Waals surface area contributed by atoms with Gasteiger partial charge in [0, 0.05) is 25.7 Å². The Kier molecular flexibility index (Phi) is 73.5. The average molecular weight is 1490 g/mol. The fraction of sp³-hybridized carbons (Fsp3) is 0.904. The molecule has 0 aromatic rings. The number of phosphoric ester groups is 2. The summed E-state index contributed by atoms with van der Waals surface area (Å²) in [5, 5.41) is 10.6. The fourth-order valence-electron chi connectivity index (χ4n) is 12.4. The maximum absolute atomic E-state index is 13.1. The van der Waals surface area contributed by atoms with Gasteiger partial charge in [-0.15, -0.1) is 0 Å². The monoisotopic (exact) mass is 1490 g/mol. The van der Waals surface area contributed by atoms with Crippen molar-refractivity contribution in [1.29, 1.82) is 0 Å². The summed E-state index contributed by atoms with van der Waals surface area (Å²) in [5.74, 6) is -1.29. The van der Waals surface area contributed by atoms with Crippen LogP contribution >= 0.6 is 15.6 Å². The first kappa shape index (κ1) is 99.5. The summed E-state index contributed by atoms with van der Waals surface area (Å²) in [7, 11) is -9.93. The molecule has 0 aliphatic rings. The number of carbonyl (C=O) groups is 4. The van der Waals surface area contributed by atoms with Gasteiger partial charge in [0.05, 0.1) is 26.4 Å². The van der Waals surface area contributed by atoms with Crippen LogP contribution in [-0.2, 0) is 65.4 Å². The number of unbranched alkanes of at least 4 members (excludes halogenated alkanes) is 49. The average Bonchev–Trinajstić information content (AvgIpc) is 0.918. The second-order valence-corrected chi connectivity index (χ2v) is 32.3. The van der Waals surface area contributed by atoms with Crippen molar-refractivity contribution in [2.45, 2.75) is 438 Å². The number of carbonyl (C=O) groups excluding carboxylic acids is 4. The van der Waals surface area contributed by atoms with Gasteiger partial charge in [-0.05, 0) is 57.3 Å². The molecule has 19 heteroatoms. The second-order valence-electron chi connectivity index (χ2n) is 29.4. The topological polar surface area (TPSA) is 237 Å². The van der Waals surface area contributed by atoms with Gasteiger partial charge in [0.25, 0.3) is 0 Å². The van der Waals surface area contributed by atoms with Crippen molar-refractivity contribution < 1.29 is 80.2 Å². The summed E-state index contributed by atoms with van der Waals surface area (Å²) < 4.78 is 68.7. The first-order chi connectivity index (χ1) is 49.6. The molecule has 3 unspecified atom stereocenters. The minimum Gasteiger partial charge on any atom is -0.462 e. The third kappa shape index (κ3) is 74.4. The van der Waals surface area contributed by atoms with Gasteiger partial charge in [-0.3, -0.25) is 37.3 Å². The Balaban J connectivity index is 5.25. The highest BCUT2D eigenvalue weighted by atomic mass is 31.2. The highest BCUT2D eigenvalue weighted by molar-refractivity contribution is 7.47. The Morgan fingerprint density at radius 2 is 0.549 bits per heavy atom. The van der Waals surface area contributed by atoms with E-state index in [-0.39, 0.29) is 25.7 Å². The summed E-state index contributed by atoms with van der Waals surface area (Å²) in [6.45, 7) is 7.31. The van der Waals surface area contributed by atoms with Crippen LogP contribution in [0.2, 0.25) is 0 Å². The van der Waals surface area contributed by atoms with Crippen LogP contribution in [0.25, 0.3) is 0 Å². The third-order valence-electron chi connectivity index (χ3n) is 19.3. The van der Waals surface area contributed by atoms with Crippen LogP contribution in [0.3, 0.4) is 0 Å². The number of phosphoric acid groups is 2. The van der Waals surface area contributed by atoms with Crippen LogP contribution in [0.5, 0.6) is 0 Å². The normalized spacial score (nSPS) is 14.2. The van der Waals surface area contributed by atoms with Crippen molar-refractivity contribution in [1.82, 2.24) is 0 Å². The molecule has 602 valence electrons. The predicted octanol–water partition coefficient (Wildman–Crippen LogP) is 24.8. The van der Waals surface area contributed by atoms with Crippen LogP contribution in [0, 0.1) is 5.92 Å². The van der Waals surface area contributed by atoms with E-state index in [1.54, 1.807) is 0 Å². The number of aliphatic hydroxyl groups is 1. The molecule has 6 atom stereocenters. The summed E-state index contributed by atoms with van der Waals surface area (Å²) in [6, 6.07) is 0. The van der Waals surface area contributed by atoms with Crippen LogP contribution in [0.4, 0.5) is 0 Å². The molecule has 0 amide bonds. The molecule has 0 bridgehead atoms. The van der Waals surface area contributed by atoms with Crippen LogP contribution in [0.1, 0.15) is 420 Å². The van der Waals surface area contributed by atoms with Crippen molar-refractivity contribution >= 4 is 39.5 Å². The SMILES string of the molecule is CCCCCC/C=C\C=C/CCCCCCCC(=O)O[C@H](COC(=O)CCCCCCCCCCC)COP(=O)(O)OC[C@H](O)COP(=O)(O)OC[C@@H](COC(=O)CCCCCCCCCCCCCCCCC(C)CC)OC(=O)CCCCCCCCCCCCCCCCCCCCCC. The van der Waals surface area contributed by atoms with E-state index in [0.717, 1.165) is 109 Å². The summed E-state index contributed by atoms with van der Waals surface area (Å²) in [6.07, 6.45) is 70.2. The number of aliphatic hydroxyl groups excluding tert-OH is 1. The zero-order valence-electron chi connectivity index (χ0n) is 66.2. The Labute approximate surface area is 624 Å². The molecular weight excluding hydrogens is 1330 g/mol. The van der Waals surface area contributed by atoms with Gasteiger partial charge in [-0.2, -0.15) is 0 Å². The van der Waals surface area contributed by atoms with E-state index in [2.05, 4.69) is 58.9 Å². The Morgan fingerprint density at radius 1 is 0.314 bits per heavy atom. The first-order valence-corrected chi connectivity index (χ1v) is 45.5. The first-order valence-electron chi connectivity index (χ1n) is 42.5. The molecule has 0 spiro atoms. The number of allylic oxidation sites excluding steroid dienone is 4. The lowest BCUT2D eigenvalue weighted by Gasteiger charge is -2.21. The van der Waals surface area contributed by atoms with Crippen LogP contribution in [0.15, 0.2) is 24.3 Å². The molecule has 102 heavy (non-hydrogen) atoms. The lowest BCUT2D eigenvalue weighted by atomic mass is 9.99. The van der Waals surface area contributed by atoms with Gasteiger partial charge in [0.15, 0.2) is 12.2 Å². The molecular formula is C83H158O17P2. The molecule has 0 aliphatic heterocycles. The number of ether oxygens (including phenoxy) is 4. The van der Waals surface area contributed by atoms with Gasteiger partial charge < -0.3 is 33.8 Å². The van der Waals surface area contributed by atoms with Crippen molar-refractivity contribution in [3.8, 4) is 0 Å². The lowest BCUT2D eigenvalue weighted by Crippen LogP contribution is -2.30. The number of esters is 4. The minimum absolute atomic E-state index is 0.0854. The van der Waals surface area contributed by atoms with Gasteiger partial charge in [-0.1, -0.05) is 367 Å². The summed E-state index contributed by atoms with van der Waals surface area (Å²) in [5.41, 5.74) is 0. The third-order valence-corrected chi connectivity index (χ3v) is 21.2. The molecule has 0 aromatic heterocycles. The molecule has 17 nitrogen and oxygen atoms in total. The maximum Gasteiger partial charge on any atom is 0.472 e. The molecule has 0 fully saturated rings. The fourth-order valence-corrected chi connectivity index (χ4v) is 13.9. The standard InChI is InChI=1S/C83H158O17P2/c1-6-10-13-16-19-22-24-26-28-29-30-31-32-34-40-44-49-54-59-64-69-83(88)100-79(73-94-81(86)67-62-57-52-47-42-38-36-35-37-41-46-50-55-60-65-76(5)9-4)75-98-102(91,92)96-71-77(84)70-95-101(89,90)97-74-78(72-93-80(85)66-61-56-51-45-21-18-15-12-8-3)99-82(87)68-63-58-53-48-43-39-33-27-25-23-20-17-14-11-7-2/h23,25,27,33,76-79,84H,6-22,24,26,28-32,34-75H2,1-5H3,(H,89,90)(H,91,92)/b25-23-,33-27-/t76?,77-,78+,79+/m0/s1. The molecule has 0 rings (SSSR count). The van der Waals surface area contributed by atoms with Crippen molar-refractivity contribution in [2.24, 2.45) is 5.92 Å². The number of rotatable bonds is 81. The van der Waals surface area contributed by atoms with Gasteiger partial charge in [0.1, 0.15) is 19.3 Å². The van der Waals surface area contributed by atoms with E-state index >= 15 is 0 Å². The second kappa shape index (κ2) is 75.4. The highest BCUT2D eigenvalue weighted by Crippen LogP contribution is 2.45. The zero-order chi connectivity index (χ0) is 74.8. The van der Waals surface area contributed by atoms with E-state index < -0.39 is 97.5 Å². The molecule has 0 aliphatic carbocycles. The van der Waals surface area contributed by atoms with Crippen LogP contribution < -0.4 is 0 Å². The quantitative estimate of drug-likeness (QED) is 0.0169. The Bertz CT molecular complexity index is 2040. The smallest absolute Gasteiger partial charge is 0.462 e. The summed E-state index contributed by atoms with van der Waals surface area (Å²) >= 11 is 0. The largest absolute Gasteiger partial charge is 0.472 e. The Hall–Kier alpha value is -2.46.